The van der Waals surface area contributed by atoms with E-state index in [4.69, 9.17) is 0 Å². The van der Waals surface area contributed by atoms with E-state index in [-0.39, 0.29) is 34.1 Å². The van der Waals surface area contributed by atoms with Crippen molar-refractivity contribution in [3.8, 4) is 34.3 Å². The van der Waals surface area contributed by atoms with E-state index in [9.17, 15) is 28.2 Å². The number of hydrogen-bond donors (Lipinski definition) is 2. The molecule has 2 N–H and O–H groups in total. The Balaban J connectivity index is 1.88. The molecule has 1 aromatic heterocycles. The van der Waals surface area contributed by atoms with Crippen LogP contribution in [0.5, 0.6) is 11.5 Å². The fraction of sp³-hybridized carbons (Fsp3) is 0.0455. The average Bonchev–Trinajstić information content (AvgIpc) is 3.18. The van der Waals surface area contributed by atoms with E-state index in [2.05, 4.69) is 10.1 Å². The van der Waals surface area contributed by atoms with Crippen molar-refractivity contribution in [2.24, 2.45) is 0 Å². The smallest absolute Gasteiger partial charge is 0.416 e. The van der Waals surface area contributed by atoms with Gasteiger partial charge in [0, 0.05) is 5.56 Å². The molecule has 0 saturated carbocycles. The van der Waals surface area contributed by atoms with Crippen LogP contribution in [0.25, 0.3) is 22.8 Å². The van der Waals surface area contributed by atoms with E-state index in [1.54, 1.807) is 42.5 Å². The van der Waals surface area contributed by atoms with Crippen molar-refractivity contribution in [1.29, 1.82) is 0 Å². The Bertz CT molecular complexity index is 1270. The Morgan fingerprint density at radius 2 is 1.52 bits per heavy atom. The molecule has 0 aliphatic heterocycles. The van der Waals surface area contributed by atoms with E-state index in [1.807, 2.05) is 0 Å². The Labute approximate surface area is 173 Å². The van der Waals surface area contributed by atoms with Gasteiger partial charge in [0.05, 0.1) is 16.7 Å². The molecule has 0 fully saturated rings. The second-order valence-corrected chi connectivity index (χ2v) is 6.59. The number of carbonyl (C=O) groups excluding carboxylic acids is 1. The summed E-state index contributed by atoms with van der Waals surface area (Å²) in [5.41, 5.74) is -0.650. The van der Waals surface area contributed by atoms with Gasteiger partial charge in [0.1, 0.15) is 11.5 Å². The number of hydrogen-bond acceptors (Lipinski definition) is 5. The number of rotatable bonds is 3. The molecule has 3 aromatic carbocycles. The first-order chi connectivity index (χ1) is 14.8. The highest BCUT2D eigenvalue weighted by Crippen LogP contribution is 2.37. The van der Waals surface area contributed by atoms with Crippen LogP contribution < -0.4 is 0 Å². The lowest BCUT2D eigenvalue weighted by Gasteiger charge is -2.08. The summed E-state index contributed by atoms with van der Waals surface area (Å²) >= 11 is 0. The molecule has 0 aliphatic rings. The maximum atomic E-state index is 13.0. The third-order valence-electron chi connectivity index (χ3n) is 4.53. The molecule has 0 radical (unpaired) electrons. The molecule has 31 heavy (non-hydrogen) atoms. The number of aromatic nitrogens is 3. The minimum absolute atomic E-state index is 0.0266. The minimum Gasteiger partial charge on any atom is -0.507 e. The van der Waals surface area contributed by atoms with Crippen LogP contribution in [-0.2, 0) is 6.18 Å². The largest absolute Gasteiger partial charge is 0.507 e. The number of carbonyl (C=O) groups is 1. The topological polar surface area (TPSA) is 88.2 Å². The van der Waals surface area contributed by atoms with Gasteiger partial charge in [-0.1, -0.05) is 30.3 Å². The molecule has 0 aliphatic carbocycles. The SMILES string of the molecule is O=C(c1ccccc1)n1nc(-c2ccc(C(F)(F)F)cc2O)nc1-c1ccccc1O. The first kappa shape index (κ1) is 20.1. The Morgan fingerprint density at radius 1 is 0.839 bits per heavy atom. The second kappa shape index (κ2) is 7.60. The summed E-state index contributed by atoms with van der Waals surface area (Å²) in [4.78, 5) is 17.3. The van der Waals surface area contributed by atoms with Crippen molar-refractivity contribution in [2.45, 2.75) is 6.18 Å². The van der Waals surface area contributed by atoms with Gasteiger partial charge in [-0.15, -0.1) is 5.10 Å². The minimum atomic E-state index is -4.63. The van der Waals surface area contributed by atoms with Crippen LogP contribution in [-0.4, -0.2) is 30.9 Å². The van der Waals surface area contributed by atoms with Crippen LogP contribution in [0.2, 0.25) is 0 Å². The normalized spacial score (nSPS) is 11.5. The number of nitrogens with zero attached hydrogens (tertiary/aromatic N) is 3. The molecular formula is C22H14F3N3O3. The molecule has 156 valence electrons. The highest BCUT2D eigenvalue weighted by molar-refractivity contribution is 5.97. The predicted octanol–water partition coefficient (Wildman–Crippen LogP) is 4.73. The number of alkyl halides is 3. The molecule has 0 saturated heterocycles. The molecule has 0 unspecified atom stereocenters. The summed E-state index contributed by atoms with van der Waals surface area (Å²) in [7, 11) is 0. The van der Waals surface area contributed by atoms with E-state index >= 15 is 0 Å². The molecule has 0 bridgehead atoms. The number of phenols is 2. The van der Waals surface area contributed by atoms with Gasteiger partial charge in [0.15, 0.2) is 11.6 Å². The van der Waals surface area contributed by atoms with Crippen molar-refractivity contribution in [3.05, 3.63) is 83.9 Å². The lowest BCUT2D eigenvalue weighted by molar-refractivity contribution is -0.137. The zero-order valence-corrected chi connectivity index (χ0v) is 15.7. The highest BCUT2D eigenvalue weighted by Gasteiger charge is 2.32. The van der Waals surface area contributed by atoms with Gasteiger partial charge in [0.25, 0.3) is 5.91 Å². The number of phenolic OH excluding ortho intramolecular Hbond substituents is 2. The summed E-state index contributed by atoms with van der Waals surface area (Å²) in [5, 5.41) is 24.5. The van der Waals surface area contributed by atoms with Gasteiger partial charge < -0.3 is 10.2 Å². The standard InChI is InChI=1S/C22H14F3N3O3/c23-22(24,25)14-10-11-15(18(30)12-14)19-26-20(16-8-4-5-9-17(16)29)28(27-19)21(31)13-6-2-1-3-7-13/h1-12,29-30H. The van der Waals surface area contributed by atoms with Crippen LogP contribution in [0.4, 0.5) is 13.2 Å². The third kappa shape index (κ3) is 3.85. The predicted molar refractivity (Wildman–Crippen MR) is 105 cm³/mol. The monoisotopic (exact) mass is 425 g/mol. The van der Waals surface area contributed by atoms with E-state index in [0.29, 0.717) is 6.07 Å². The van der Waals surface area contributed by atoms with E-state index in [1.165, 1.54) is 12.1 Å². The Kier molecular flexibility index (Phi) is 4.94. The third-order valence-corrected chi connectivity index (χ3v) is 4.53. The first-order valence-corrected chi connectivity index (χ1v) is 9.01. The fourth-order valence-corrected chi connectivity index (χ4v) is 3.00. The van der Waals surface area contributed by atoms with Gasteiger partial charge in [-0.3, -0.25) is 4.79 Å². The van der Waals surface area contributed by atoms with Crippen LogP contribution in [0, 0.1) is 0 Å². The van der Waals surface area contributed by atoms with Crippen molar-refractivity contribution in [2.75, 3.05) is 0 Å². The highest BCUT2D eigenvalue weighted by atomic mass is 19.4. The molecule has 6 nitrogen and oxygen atoms in total. The number of aromatic hydroxyl groups is 2. The van der Waals surface area contributed by atoms with Crippen LogP contribution >= 0.6 is 0 Å². The van der Waals surface area contributed by atoms with Crippen molar-refractivity contribution in [3.63, 3.8) is 0 Å². The molecule has 4 aromatic rings. The van der Waals surface area contributed by atoms with Gasteiger partial charge in [0.2, 0.25) is 0 Å². The summed E-state index contributed by atoms with van der Waals surface area (Å²) in [6, 6.07) is 16.7. The maximum absolute atomic E-state index is 13.0. The number of benzene rings is 3. The van der Waals surface area contributed by atoms with Crippen LogP contribution in [0.15, 0.2) is 72.8 Å². The lowest BCUT2D eigenvalue weighted by Crippen LogP contribution is -2.15. The zero-order chi connectivity index (χ0) is 22.2. The zero-order valence-electron chi connectivity index (χ0n) is 15.7. The van der Waals surface area contributed by atoms with Gasteiger partial charge >= 0.3 is 6.18 Å². The fourth-order valence-electron chi connectivity index (χ4n) is 3.00. The van der Waals surface area contributed by atoms with Crippen LogP contribution in [0.1, 0.15) is 15.9 Å². The summed E-state index contributed by atoms with van der Waals surface area (Å²) in [5.74, 6) is -1.62. The Morgan fingerprint density at radius 3 is 2.16 bits per heavy atom. The first-order valence-electron chi connectivity index (χ1n) is 9.01. The van der Waals surface area contributed by atoms with Crippen molar-refractivity contribution in [1.82, 2.24) is 14.8 Å². The van der Waals surface area contributed by atoms with Crippen LogP contribution in [0.3, 0.4) is 0 Å². The van der Waals surface area contributed by atoms with E-state index in [0.717, 1.165) is 16.8 Å². The lowest BCUT2D eigenvalue weighted by atomic mass is 10.1. The van der Waals surface area contributed by atoms with Crippen molar-refractivity contribution < 1.29 is 28.2 Å². The number of halogens is 3. The molecule has 1 heterocycles. The molecule has 0 spiro atoms. The molecule has 4 rings (SSSR count). The summed E-state index contributed by atoms with van der Waals surface area (Å²) < 4.78 is 39.7. The Hall–Kier alpha value is -4.14. The number of para-hydroxylation sites is 1. The molecular weight excluding hydrogens is 411 g/mol. The van der Waals surface area contributed by atoms with Gasteiger partial charge in [-0.25, -0.2) is 4.98 Å². The quantitative estimate of drug-likeness (QED) is 0.496. The maximum Gasteiger partial charge on any atom is 0.416 e. The summed E-state index contributed by atoms with van der Waals surface area (Å²) in [6.07, 6.45) is -4.63. The molecule has 9 heteroatoms. The van der Waals surface area contributed by atoms with E-state index < -0.39 is 23.4 Å². The van der Waals surface area contributed by atoms with Gasteiger partial charge in [-0.05, 0) is 42.5 Å². The molecule has 0 atom stereocenters. The second-order valence-electron chi connectivity index (χ2n) is 6.59. The average molecular weight is 425 g/mol. The van der Waals surface area contributed by atoms with Crippen molar-refractivity contribution >= 4 is 5.91 Å². The summed E-state index contributed by atoms with van der Waals surface area (Å²) in [6.45, 7) is 0. The molecule has 0 amide bonds. The van der Waals surface area contributed by atoms with Gasteiger partial charge in [-0.2, -0.15) is 17.9 Å².